The molecule has 3 aromatic rings. The van der Waals surface area contributed by atoms with Gasteiger partial charge in [0.15, 0.2) is 5.75 Å². The Labute approximate surface area is 207 Å². The van der Waals surface area contributed by atoms with E-state index in [1.54, 1.807) is 0 Å². The summed E-state index contributed by atoms with van der Waals surface area (Å²) in [4.78, 5) is 10.6. The molecule has 0 amide bonds. The summed E-state index contributed by atoms with van der Waals surface area (Å²) < 4.78 is 5.43. The third-order valence-electron chi connectivity index (χ3n) is 6.64. The van der Waals surface area contributed by atoms with Gasteiger partial charge in [-0.3, -0.25) is 4.90 Å². The van der Waals surface area contributed by atoms with Crippen LogP contribution in [0.2, 0.25) is 0 Å². The third-order valence-corrected chi connectivity index (χ3v) is 6.64. The minimum absolute atomic E-state index is 0.155. The maximum Gasteiger partial charge on any atom is 0.155 e. The molecule has 35 heavy (non-hydrogen) atoms. The molecule has 1 aliphatic heterocycles. The standard InChI is InChI=1S/C29H32N4O2/c34-29-19-30-21-32-28(29)17-26(18-31-27-11-12-27)25-9-7-23(8-10-25)2-1-22-3-5-24(6-4-22)20-33-13-15-35-16-14-33/h3-10,19,21,26-27,31,34H,11-18,20H2. The smallest absolute Gasteiger partial charge is 0.155 e. The van der Waals surface area contributed by atoms with Gasteiger partial charge in [0.2, 0.25) is 0 Å². The van der Waals surface area contributed by atoms with Crippen molar-refractivity contribution in [3.05, 3.63) is 89.0 Å². The first kappa shape index (κ1) is 23.5. The molecule has 2 aromatic carbocycles. The van der Waals surface area contributed by atoms with Crippen molar-refractivity contribution in [1.82, 2.24) is 20.2 Å². The van der Waals surface area contributed by atoms with Crippen LogP contribution in [0.25, 0.3) is 0 Å². The van der Waals surface area contributed by atoms with Crippen LogP contribution >= 0.6 is 0 Å². The topological polar surface area (TPSA) is 70.5 Å². The lowest BCUT2D eigenvalue weighted by molar-refractivity contribution is 0.0342. The van der Waals surface area contributed by atoms with Gasteiger partial charge in [0.25, 0.3) is 0 Å². The second kappa shape index (κ2) is 11.5. The van der Waals surface area contributed by atoms with Crippen molar-refractivity contribution in [2.24, 2.45) is 0 Å². The Morgan fingerprint density at radius 2 is 1.69 bits per heavy atom. The number of benzene rings is 2. The number of morpholine rings is 1. The Morgan fingerprint density at radius 1 is 1.00 bits per heavy atom. The SMILES string of the molecule is Oc1cncnc1CC(CNC1CC1)c1ccc(C#Cc2ccc(CN3CCOCC3)cc2)cc1. The van der Waals surface area contributed by atoms with Crippen molar-refractivity contribution in [2.45, 2.75) is 37.8 Å². The first-order chi connectivity index (χ1) is 17.2. The van der Waals surface area contributed by atoms with E-state index >= 15 is 0 Å². The van der Waals surface area contributed by atoms with Gasteiger partial charge < -0.3 is 15.2 Å². The zero-order valence-corrected chi connectivity index (χ0v) is 20.0. The van der Waals surface area contributed by atoms with Crippen molar-refractivity contribution < 1.29 is 9.84 Å². The van der Waals surface area contributed by atoms with Crippen LogP contribution in [-0.2, 0) is 17.7 Å². The highest BCUT2D eigenvalue weighted by Crippen LogP contribution is 2.26. The predicted molar refractivity (Wildman–Crippen MR) is 136 cm³/mol. The molecule has 2 fully saturated rings. The minimum atomic E-state index is 0.155. The molecule has 1 saturated heterocycles. The van der Waals surface area contributed by atoms with Gasteiger partial charge in [0, 0.05) is 55.7 Å². The second-order valence-electron chi connectivity index (χ2n) is 9.40. The summed E-state index contributed by atoms with van der Waals surface area (Å²) in [5.41, 5.74) is 5.22. The van der Waals surface area contributed by atoms with Crippen LogP contribution in [0.15, 0.2) is 61.1 Å². The van der Waals surface area contributed by atoms with Crippen LogP contribution in [0, 0.1) is 11.8 Å². The van der Waals surface area contributed by atoms with E-state index in [2.05, 4.69) is 80.6 Å². The maximum atomic E-state index is 10.1. The summed E-state index contributed by atoms with van der Waals surface area (Å²) in [6.45, 7) is 5.45. The monoisotopic (exact) mass is 468 g/mol. The van der Waals surface area contributed by atoms with Crippen molar-refractivity contribution in [3.63, 3.8) is 0 Å². The van der Waals surface area contributed by atoms with E-state index in [-0.39, 0.29) is 11.7 Å². The second-order valence-corrected chi connectivity index (χ2v) is 9.40. The average molecular weight is 469 g/mol. The fourth-order valence-electron chi connectivity index (χ4n) is 4.34. The summed E-state index contributed by atoms with van der Waals surface area (Å²) in [6.07, 6.45) is 6.11. The van der Waals surface area contributed by atoms with E-state index in [1.807, 2.05) is 0 Å². The van der Waals surface area contributed by atoms with Crippen LogP contribution in [0.5, 0.6) is 5.75 Å². The van der Waals surface area contributed by atoms with Gasteiger partial charge in [-0.25, -0.2) is 9.97 Å². The molecule has 0 spiro atoms. The Hall–Kier alpha value is -3.24. The number of rotatable bonds is 8. The van der Waals surface area contributed by atoms with Gasteiger partial charge in [0.1, 0.15) is 6.33 Å². The number of nitrogens with zero attached hydrogens (tertiary/aromatic N) is 3. The molecule has 2 aliphatic rings. The Kier molecular flexibility index (Phi) is 7.69. The molecule has 1 atom stereocenters. The molecule has 2 heterocycles. The van der Waals surface area contributed by atoms with Gasteiger partial charge in [-0.05, 0) is 48.2 Å². The molecular weight excluding hydrogens is 436 g/mol. The van der Waals surface area contributed by atoms with Crippen molar-refractivity contribution >= 4 is 0 Å². The third kappa shape index (κ3) is 6.89. The molecule has 0 radical (unpaired) electrons. The van der Waals surface area contributed by atoms with Crippen LogP contribution < -0.4 is 5.32 Å². The molecule has 2 N–H and O–H groups in total. The van der Waals surface area contributed by atoms with E-state index in [0.717, 1.165) is 50.5 Å². The number of nitrogens with one attached hydrogen (secondary N) is 1. The van der Waals surface area contributed by atoms with Gasteiger partial charge in [0.05, 0.1) is 25.1 Å². The molecule has 1 unspecified atom stereocenters. The highest BCUT2D eigenvalue weighted by molar-refractivity contribution is 5.44. The van der Waals surface area contributed by atoms with Gasteiger partial charge in [-0.1, -0.05) is 36.1 Å². The first-order valence-corrected chi connectivity index (χ1v) is 12.5. The quantitative estimate of drug-likeness (QED) is 0.493. The van der Waals surface area contributed by atoms with E-state index < -0.39 is 0 Å². The zero-order chi connectivity index (χ0) is 23.9. The van der Waals surface area contributed by atoms with Crippen LogP contribution in [-0.4, -0.2) is 58.9 Å². The minimum Gasteiger partial charge on any atom is -0.504 e. The van der Waals surface area contributed by atoms with Crippen LogP contribution in [0.1, 0.15) is 46.7 Å². The zero-order valence-electron chi connectivity index (χ0n) is 20.0. The summed E-state index contributed by atoms with van der Waals surface area (Å²) >= 11 is 0. The number of ether oxygens (including phenoxy) is 1. The largest absolute Gasteiger partial charge is 0.504 e. The number of aromatic nitrogens is 2. The van der Waals surface area contributed by atoms with Crippen LogP contribution in [0.4, 0.5) is 0 Å². The highest BCUT2D eigenvalue weighted by atomic mass is 16.5. The molecule has 0 bridgehead atoms. The van der Waals surface area contributed by atoms with Gasteiger partial charge >= 0.3 is 0 Å². The molecular formula is C29H32N4O2. The lowest BCUT2D eigenvalue weighted by Gasteiger charge is -2.26. The van der Waals surface area contributed by atoms with E-state index in [0.29, 0.717) is 18.2 Å². The normalized spacial score (nSPS) is 16.9. The Morgan fingerprint density at radius 3 is 2.34 bits per heavy atom. The van der Waals surface area contributed by atoms with Crippen molar-refractivity contribution in [1.29, 1.82) is 0 Å². The summed E-state index contributed by atoms with van der Waals surface area (Å²) in [7, 11) is 0. The number of aromatic hydroxyl groups is 1. The first-order valence-electron chi connectivity index (χ1n) is 12.5. The predicted octanol–water partition coefficient (Wildman–Crippen LogP) is 3.49. The molecule has 6 heteroatoms. The summed E-state index contributed by atoms with van der Waals surface area (Å²) in [5.74, 6) is 6.96. The Balaban J connectivity index is 1.23. The summed E-state index contributed by atoms with van der Waals surface area (Å²) in [6, 6.07) is 17.6. The average Bonchev–Trinajstić information content (AvgIpc) is 3.73. The fourth-order valence-corrected chi connectivity index (χ4v) is 4.34. The van der Waals surface area contributed by atoms with Gasteiger partial charge in [-0.15, -0.1) is 0 Å². The molecule has 1 aliphatic carbocycles. The lowest BCUT2D eigenvalue weighted by atomic mass is 9.93. The molecule has 180 valence electrons. The highest BCUT2D eigenvalue weighted by Gasteiger charge is 2.23. The molecule has 1 saturated carbocycles. The van der Waals surface area contributed by atoms with Crippen LogP contribution in [0.3, 0.4) is 0 Å². The number of hydrogen-bond acceptors (Lipinski definition) is 6. The molecule has 5 rings (SSSR count). The van der Waals surface area contributed by atoms with E-state index in [4.69, 9.17) is 4.74 Å². The van der Waals surface area contributed by atoms with E-state index in [9.17, 15) is 5.11 Å². The summed E-state index contributed by atoms with van der Waals surface area (Å²) in [5, 5.41) is 13.8. The van der Waals surface area contributed by atoms with E-state index in [1.165, 1.54) is 36.5 Å². The van der Waals surface area contributed by atoms with Crippen molar-refractivity contribution in [2.75, 3.05) is 32.8 Å². The van der Waals surface area contributed by atoms with Gasteiger partial charge in [-0.2, -0.15) is 0 Å². The fraction of sp³-hybridized carbons (Fsp3) is 0.379. The Bertz CT molecular complexity index is 1160. The number of hydrogen-bond donors (Lipinski definition) is 2. The molecule has 1 aromatic heterocycles. The molecule has 6 nitrogen and oxygen atoms in total. The lowest BCUT2D eigenvalue weighted by Crippen LogP contribution is -2.35. The van der Waals surface area contributed by atoms with Crippen molar-refractivity contribution in [3.8, 4) is 17.6 Å². The maximum absolute atomic E-state index is 10.1.